The maximum absolute atomic E-state index is 13.7. The molecule has 4 aromatic carbocycles. The Morgan fingerprint density at radius 3 is 2.41 bits per heavy atom. The van der Waals surface area contributed by atoms with Crippen molar-refractivity contribution in [2.24, 2.45) is 22.9 Å². The first-order chi connectivity index (χ1) is 28.4. The molecule has 1 fully saturated rings. The zero-order chi connectivity index (χ0) is 40.5. The molecule has 7 rings (SSSR count). The molecule has 2 aliphatic carbocycles. The minimum absolute atomic E-state index is 0.0856. The van der Waals surface area contributed by atoms with Gasteiger partial charge in [0.1, 0.15) is 29.9 Å². The molecule has 3 aliphatic rings. The molecule has 1 saturated carbocycles. The fourth-order valence-electron chi connectivity index (χ4n) is 9.27. The van der Waals surface area contributed by atoms with Crippen LogP contribution in [-0.4, -0.2) is 72.2 Å². The molecule has 1 aliphatic heterocycles. The number of hydrogen-bond acceptors (Lipinski definition) is 9. The number of amides is 1. The fraction of sp³-hybridized carbons (Fsp3) is 0.417. The van der Waals surface area contributed by atoms with Crippen LogP contribution in [0.5, 0.6) is 17.2 Å². The van der Waals surface area contributed by atoms with E-state index in [-0.39, 0.29) is 57.2 Å². The van der Waals surface area contributed by atoms with Gasteiger partial charge in [-0.1, -0.05) is 90.8 Å². The van der Waals surface area contributed by atoms with E-state index in [4.69, 9.17) is 28.9 Å². The Labute approximate surface area is 341 Å². The molecule has 10 nitrogen and oxygen atoms in total. The highest BCUT2D eigenvalue weighted by Crippen LogP contribution is 2.62. The summed E-state index contributed by atoms with van der Waals surface area (Å²) in [5, 5.41) is 26.9. The molecule has 1 amide bonds. The molecular weight excluding hydrogens is 733 g/mol. The number of carbonyl (C=O) groups is 1. The third-order valence-corrected chi connectivity index (χ3v) is 11.9. The van der Waals surface area contributed by atoms with Crippen molar-refractivity contribution in [3.05, 3.63) is 126 Å². The van der Waals surface area contributed by atoms with Crippen LogP contribution < -0.4 is 9.47 Å². The van der Waals surface area contributed by atoms with Gasteiger partial charge in [0.15, 0.2) is 0 Å². The molecule has 10 heteroatoms. The van der Waals surface area contributed by atoms with Crippen LogP contribution in [0.3, 0.4) is 0 Å². The van der Waals surface area contributed by atoms with Gasteiger partial charge < -0.3 is 38.9 Å². The molecule has 0 bridgehead atoms. The highest BCUT2D eigenvalue weighted by atomic mass is 16.7. The van der Waals surface area contributed by atoms with Crippen molar-refractivity contribution in [3.63, 3.8) is 0 Å². The Morgan fingerprint density at radius 2 is 1.66 bits per heavy atom. The summed E-state index contributed by atoms with van der Waals surface area (Å²) in [6.07, 6.45) is 8.56. The van der Waals surface area contributed by atoms with Crippen LogP contribution in [-0.2, 0) is 20.9 Å². The van der Waals surface area contributed by atoms with Gasteiger partial charge in [-0.3, -0.25) is 0 Å². The van der Waals surface area contributed by atoms with Crippen LogP contribution in [0.25, 0.3) is 10.8 Å². The summed E-state index contributed by atoms with van der Waals surface area (Å²) in [4.78, 5) is 21.4. The first kappa shape index (κ1) is 41.0. The van der Waals surface area contributed by atoms with Crippen LogP contribution in [0.15, 0.2) is 120 Å². The number of aliphatic hydroxyl groups is 2. The molecular formula is C48H56N2O8. The van der Waals surface area contributed by atoms with E-state index in [1.54, 1.807) is 24.9 Å². The van der Waals surface area contributed by atoms with Gasteiger partial charge in [0, 0.05) is 38.2 Å². The van der Waals surface area contributed by atoms with E-state index in [2.05, 4.69) is 36.9 Å². The van der Waals surface area contributed by atoms with Crippen LogP contribution in [0.2, 0.25) is 0 Å². The average molecular weight is 789 g/mol. The quantitative estimate of drug-likeness (QED) is 0.0582. The van der Waals surface area contributed by atoms with Gasteiger partial charge in [-0.2, -0.15) is 0 Å². The van der Waals surface area contributed by atoms with Crippen molar-refractivity contribution in [2.75, 3.05) is 33.5 Å². The Kier molecular flexibility index (Phi) is 13.5. The summed E-state index contributed by atoms with van der Waals surface area (Å²) < 4.78 is 26.4. The van der Waals surface area contributed by atoms with Crippen molar-refractivity contribution >= 4 is 22.6 Å². The summed E-state index contributed by atoms with van der Waals surface area (Å²) in [5.41, 5.74) is 3.66. The molecule has 0 saturated heterocycles. The second-order valence-electron chi connectivity index (χ2n) is 15.5. The Bertz CT molecular complexity index is 2080. The number of carbonyl (C=O) groups excluding carboxylic acids is 1. The van der Waals surface area contributed by atoms with E-state index in [1.807, 2.05) is 66.7 Å². The number of hydrogen-bond donors (Lipinski definition) is 2. The lowest BCUT2D eigenvalue weighted by molar-refractivity contribution is -0.253. The third-order valence-electron chi connectivity index (χ3n) is 11.9. The number of fused-ring (bicyclic) bond motifs is 3. The number of nitrogens with zero attached hydrogens (tertiary/aromatic N) is 2. The normalized spacial score (nSPS) is 23.9. The number of unbranched alkanes of at least 4 members (excludes halogenated alkanes) is 2. The number of allylic oxidation sites excluding steroid dienone is 1. The van der Waals surface area contributed by atoms with Gasteiger partial charge in [-0.15, -0.1) is 6.58 Å². The number of likely N-dealkylation sites (N-methyl/N-ethyl adjacent to an activating group) is 1. The molecule has 58 heavy (non-hydrogen) atoms. The number of aliphatic hydroxyl groups excluding tert-OH is 2. The summed E-state index contributed by atoms with van der Waals surface area (Å²) in [7, 11) is 1.73. The van der Waals surface area contributed by atoms with E-state index in [0.717, 1.165) is 64.6 Å². The van der Waals surface area contributed by atoms with Crippen molar-refractivity contribution in [3.8, 4) is 17.2 Å². The molecule has 0 aromatic heterocycles. The molecule has 1 heterocycles. The van der Waals surface area contributed by atoms with Gasteiger partial charge >= 0.3 is 6.09 Å². The highest BCUT2D eigenvalue weighted by molar-refractivity contribution is 6.03. The van der Waals surface area contributed by atoms with Crippen LogP contribution in [0, 0.1) is 17.8 Å². The van der Waals surface area contributed by atoms with E-state index in [0.29, 0.717) is 24.3 Å². The zero-order valence-electron chi connectivity index (χ0n) is 33.6. The number of rotatable bonds is 18. The van der Waals surface area contributed by atoms with E-state index in [1.165, 1.54) is 0 Å². The maximum Gasteiger partial charge on any atom is 0.409 e. The average Bonchev–Trinajstić information content (AvgIpc) is 3.24. The van der Waals surface area contributed by atoms with E-state index >= 15 is 0 Å². The monoisotopic (exact) mass is 788 g/mol. The zero-order valence-corrected chi connectivity index (χ0v) is 33.6. The summed E-state index contributed by atoms with van der Waals surface area (Å²) >= 11 is 0. The summed E-state index contributed by atoms with van der Waals surface area (Å²) in [6, 6.07) is 29.5. The molecule has 6 unspecified atom stereocenters. The SMILES string of the molecule is C=CCOC12Oc3ccc(Oc4ccc5ccccc5c4)cc3C3C(CCCCO)C(CCCCO)C=C(C(=NOCc4ccccc4)CC1N(C)C(=O)OCC)C32. The van der Waals surface area contributed by atoms with E-state index in [9.17, 15) is 15.0 Å². The lowest BCUT2D eigenvalue weighted by atomic mass is 9.55. The fourth-order valence-corrected chi connectivity index (χ4v) is 9.27. The van der Waals surface area contributed by atoms with Crippen molar-refractivity contribution in [1.29, 1.82) is 0 Å². The van der Waals surface area contributed by atoms with Crippen molar-refractivity contribution in [1.82, 2.24) is 4.90 Å². The molecule has 0 spiro atoms. The molecule has 4 aromatic rings. The first-order valence-electron chi connectivity index (χ1n) is 20.7. The van der Waals surface area contributed by atoms with Crippen LogP contribution >= 0.6 is 0 Å². The lowest BCUT2D eigenvalue weighted by Gasteiger charge is -2.59. The standard InChI is InChI=1S/C48H56N2O8/c1-4-27-55-48-44(50(3)47(53)54-5-2)31-42(49-56-32-33-15-7-6-8-16-33)40-29-36(19-11-13-25-51)39(20-12-14-26-52)45(46(40)48)41-30-38(23-24-43(41)58-48)57-37-22-21-34-17-9-10-18-35(34)28-37/h4,6-10,15-18,21-24,28-30,36,39,44-46,51-52H,1,5,11-14,19-20,25-27,31-32H2,2-3H3. The number of ether oxygens (including phenoxy) is 4. The third kappa shape index (κ3) is 8.65. The van der Waals surface area contributed by atoms with Crippen LogP contribution in [0.1, 0.15) is 68.9 Å². The van der Waals surface area contributed by atoms with Crippen molar-refractivity contribution < 1.29 is 38.8 Å². The largest absolute Gasteiger partial charge is 0.459 e. The van der Waals surface area contributed by atoms with Gasteiger partial charge in [-0.05, 0) is 96.7 Å². The molecule has 2 N–H and O–H groups in total. The number of oxime groups is 1. The second-order valence-corrected chi connectivity index (χ2v) is 15.5. The minimum atomic E-state index is -1.36. The van der Waals surface area contributed by atoms with Gasteiger partial charge in [0.05, 0.1) is 24.8 Å². The lowest BCUT2D eigenvalue weighted by Crippen LogP contribution is -2.69. The topological polar surface area (TPSA) is 119 Å². The molecule has 306 valence electrons. The Morgan fingerprint density at radius 1 is 0.931 bits per heavy atom. The second kappa shape index (κ2) is 19.1. The number of benzene rings is 4. The maximum atomic E-state index is 13.7. The summed E-state index contributed by atoms with van der Waals surface area (Å²) in [6.45, 7) is 6.68. The van der Waals surface area contributed by atoms with E-state index < -0.39 is 23.8 Å². The first-order valence-corrected chi connectivity index (χ1v) is 20.7. The molecule has 6 atom stereocenters. The summed E-state index contributed by atoms with van der Waals surface area (Å²) in [5.74, 6) is 0.281. The van der Waals surface area contributed by atoms with Crippen LogP contribution in [0.4, 0.5) is 4.79 Å². The van der Waals surface area contributed by atoms with Gasteiger partial charge in [-0.25, -0.2) is 4.79 Å². The van der Waals surface area contributed by atoms with Gasteiger partial charge in [0.2, 0.25) is 5.79 Å². The Balaban J connectivity index is 1.40. The van der Waals surface area contributed by atoms with Gasteiger partial charge in [0.25, 0.3) is 0 Å². The minimum Gasteiger partial charge on any atom is -0.459 e. The Hall–Kier alpha value is -5.16. The van der Waals surface area contributed by atoms with Crippen molar-refractivity contribution in [2.45, 2.75) is 76.2 Å². The smallest absolute Gasteiger partial charge is 0.409 e. The highest BCUT2D eigenvalue weighted by Gasteiger charge is 2.65. The molecule has 0 radical (unpaired) electrons. The predicted molar refractivity (Wildman–Crippen MR) is 225 cm³/mol. The predicted octanol–water partition coefficient (Wildman–Crippen LogP) is 9.55.